The number of nitrogens with two attached hydrogens (primary N) is 1. The molecule has 0 radical (unpaired) electrons. The Kier molecular flexibility index (Phi) is 31.0. The molecule has 2 fully saturated rings. The molecule has 2 aliphatic rings. The number of aromatic amines is 2. The third kappa shape index (κ3) is 28.4. The fraction of sp³-hybridized carbons (Fsp3) is 0.250. The van der Waals surface area contributed by atoms with Crippen molar-refractivity contribution in [3.8, 4) is 46.0 Å². The molecule has 0 unspecified atom stereocenters. The number of rotatable bonds is 25. The van der Waals surface area contributed by atoms with Gasteiger partial charge >= 0.3 is 25.5 Å². The van der Waals surface area contributed by atoms with Crippen molar-refractivity contribution < 1.29 is 118 Å². The summed E-state index contributed by atoms with van der Waals surface area (Å²) in [5, 5.41) is 29.5. The van der Waals surface area contributed by atoms with Gasteiger partial charge in [0, 0.05) is 53.2 Å². The lowest BCUT2D eigenvalue weighted by atomic mass is 10.0. The molecule has 100 heavy (non-hydrogen) atoms. The van der Waals surface area contributed by atoms with E-state index in [0.717, 1.165) is 38.2 Å². The molecule has 2 aliphatic carbocycles. The molecule has 2 atom stereocenters. The minimum Gasteiger partial charge on any atom is -0.870 e. The van der Waals surface area contributed by atoms with Crippen LogP contribution in [0.25, 0.3) is 0 Å². The average Bonchev–Trinajstić information content (AvgIpc) is 1.41. The van der Waals surface area contributed by atoms with Crippen molar-refractivity contribution in [1.29, 1.82) is 0 Å². The summed E-state index contributed by atoms with van der Waals surface area (Å²) in [6.07, 6.45) is 7.75. The Morgan fingerprint density at radius 3 is 1.22 bits per heavy atom. The number of non-ortho nitro benzene ring substituents is 1. The van der Waals surface area contributed by atoms with E-state index in [1.165, 1.54) is 134 Å². The lowest BCUT2D eigenvalue weighted by molar-refractivity contribution is -0.384. The van der Waals surface area contributed by atoms with Crippen molar-refractivity contribution in [2.45, 2.75) is 64.0 Å². The second-order valence-electron chi connectivity index (χ2n) is 21.4. The molecule has 10 rings (SSSR count). The van der Waals surface area contributed by atoms with Gasteiger partial charge in [-0.05, 0) is 158 Å². The zero-order valence-corrected chi connectivity index (χ0v) is 57.0. The lowest BCUT2D eigenvalue weighted by Crippen LogP contribution is -2.18. The average molecular weight is 1520 g/mol. The summed E-state index contributed by atoms with van der Waals surface area (Å²) in [5.74, 6) is 0.928. The third-order valence-corrected chi connectivity index (χ3v) is 15.9. The number of nitrogen functional groups attached to an aromatic ring is 1. The lowest BCUT2D eigenvalue weighted by Gasteiger charge is -2.21. The summed E-state index contributed by atoms with van der Waals surface area (Å²) in [7, 11) is -6.70. The van der Waals surface area contributed by atoms with E-state index in [0.29, 0.717) is 58.7 Å². The fourth-order valence-corrected chi connectivity index (χ4v) is 10.5. The number of phenols is 2. The standard InChI is InChI=1S/C26H24Cl2F2N2O7S.C25H20Cl2F2N2O7.C7H9NO3S.C6H7NO.2H2O/c1-40(34,35)32-17-5-7-18(8-6-17)37-26(33)39-23(11-19-20(27)12-31-13-21(19)28)16-4-9-22(38-25(29)30)24(10-16)36-14-15-2-3-15;26-19-11-30-12-20(27)18(19)10-22(38-25(32)36-17-6-4-16(5-7-17)31(33)34)15-3-8-21(37-24(28)29)23(9-15)35-13-14-1-2-14;1-12(10,11)8-6-2-4-7(9)5-3-6;7-5-1-3-6(8)4-2-5;;/h4-10,12-13,15,23,25,32H,2-3,11,14H2,1H3;3-9,11-12,14,22,24H,1-2,10,13H2;2-5,8-9H,1H3;1-4,8H,7H2;2*1H2/t23-;22-;;;;/m00..../s1. The third-order valence-electron chi connectivity index (χ3n) is 13.4. The first-order chi connectivity index (χ1) is 46.4. The van der Waals surface area contributed by atoms with Crippen molar-refractivity contribution in [1.82, 2.24) is 0 Å². The van der Waals surface area contributed by atoms with E-state index in [-0.39, 0.29) is 101 Å². The van der Waals surface area contributed by atoms with Crippen LogP contribution in [-0.4, -0.2) is 94.2 Å². The topological polar surface area (TPSA) is 398 Å². The number of benzene rings is 6. The molecular formula is C64H64Cl4F4N6O20S2. The molecule has 26 nitrogen and oxygen atoms in total. The molecule has 0 saturated heterocycles. The maximum Gasteiger partial charge on any atom is 0.514 e. The molecular weight excluding hydrogens is 1450 g/mol. The first kappa shape index (κ1) is 81.1. The summed E-state index contributed by atoms with van der Waals surface area (Å²) >= 11 is 25.3. The highest BCUT2D eigenvalue weighted by atomic mass is 35.5. The number of H-pyrrole nitrogens is 2. The number of pyridine rings is 2. The Morgan fingerprint density at radius 2 is 0.900 bits per heavy atom. The predicted molar refractivity (Wildman–Crippen MR) is 357 cm³/mol. The maximum absolute atomic E-state index is 13.0. The van der Waals surface area contributed by atoms with Crippen LogP contribution in [0.4, 0.5) is 49.9 Å². The minimum atomic E-state index is -3.48. The molecule has 36 heteroatoms. The predicted octanol–water partition coefficient (Wildman–Crippen LogP) is 14.1. The monoisotopic (exact) mass is 1520 g/mol. The number of nitrogens with zero attached hydrogens (tertiary/aromatic N) is 1. The van der Waals surface area contributed by atoms with Crippen molar-refractivity contribution in [2.75, 3.05) is 40.9 Å². The Labute approximate surface area is 589 Å². The number of hydrogen-bond donors (Lipinski definition) is 5. The highest BCUT2D eigenvalue weighted by Crippen LogP contribution is 2.41. The molecule has 0 spiro atoms. The SMILES string of the molecule is CS(=O)(=O)Nc1ccc(O)cc1.CS(=O)(=O)Nc1ccc(OC(=O)O[C@@H](Cc2c(Cl)c[nH+]cc2Cl)c2ccc(OC(F)F)c(OCC3CC3)c2)cc1.Nc1ccc(O)cc1.O=C(Oc1ccc([N+](=O)[O-])cc1)O[C@@H](Cc1c(Cl)c[nH+]cc1Cl)c1ccc(OC(F)F)c(OCC2CC2)c1.[OH-].[OH-]. The number of carbonyl (C=O) groups is 2. The van der Waals surface area contributed by atoms with Crippen molar-refractivity contribution in [2.24, 2.45) is 11.8 Å². The number of hydrogen-bond acceptors (Lipinski definition) is 21. The highest BCUT2D eigenvalue weighted by Gasteiger charge is 2.30. The van der Waals surface area contributed by atoms with Crippen LogP contribution in [-0.2, 0) is 42.4 Å². The second kappa shape index (κ2) is 38.2. The first-order valence-corrected chi connectivity index (χ1v) is 34.2. The number of nitro benzene ring substituents is 1. The largest absolute Gasteiger partial charge is 0.870 e. The maximum atomic E-state index is 13.0. The summed E-state index contributed by atoms with van der Waals surface area (Å²) in [6.45, 7) is -5.48. The van der Waals surface area contributed by atoms with E-state index in [9.17, 15) is 54.1 Å². The van der Waals surface area contributed by atoms with Crippen LogP contribution in [0.1, 0.15) is 60.1 Å². The summed E-state index contributed by atoms with van der Waals surface area (Å²) < 4.78 is 143. The Bertz CT molecular complexity index is 4180. The Balaban J connectivity index is 0.000000278. The van der Waals surface area contributed by atoms with Gasteiger partial charge < -0.3 is 64.8 Å². The zero-order valence-electron chi connectivity index (χ0n) is 52.3. The second-order valence-corrected chi connectivity index (χ2v) is 26.6. The number of aromatic nitrogens is 2. The minimum absolute atomic E-state index is 0. The van der Waals surface area contributed by atoms with Gasteiger partial charge in [-0.15, -0.1) is 0 Å². The van der Waals surface area contributed by atoms with Crippen molar-refractivity contribution in [3.63, 3.8) is 0 Å². The molecule has 538 valence electrons. The Hall–Kier alpha value is -9.54. The van der Waals surface area contributed by atoms with Gasteiger partial charge in [0.2, 0.25) is 20.0 Å². The van der Waals surface area contributed by atoms with E-state index >= 15 is 0 Å². The normalized spacial score (nSPS) is 12.8. The number of halogens is 8. The molecule has 2 aromatic heterocycles. The number of ether oxygens (including phenoxy) is 8. The number of nitrogens with one attached hydrogen (secondary N) is 4. The van der Waals surface area contributed by atoms with Crippen LogP contribution in [0.15, 0.2) is 158 Å². The van der Waals surface area contributed by atoms with Gasteiger partial charge in [-0.2, -0.15) is 17.6 Å². The number of anilines is 3. The quantitative estimate of drug-likeness (QED) is 0.00675. The van der Waals surface area contributed by atoms with E-state index in [4.69, 9.17) is 90.8 Å². The summed E-state index contributed by atoms with van der Waals surface area (Å²) in [6, 6.07) is 31.0. The molecule has 2 saturated carbocycles. The molecule has 2 heterocycles. The number of aromatic hydroxyl groups is 2. The Morgan fingerprint density at radius 1 is 0.560 bits per heavy atom. The number of phenolic OH excluding ortho intramolecular Hbond substituents is 2. The van der Waals surface area contributed by atoms with Gasteiger partial charge in [-0.1, -0.05) is 58.5 Å². The van der Waals surface area contributed by atoms with Crippen LogP contribution in [0.5, 0.6) is 46.0 Å². The summed E-state index contributed by atoms with van der Waals surface area (Å²) in [5.41, 5.74) is 8.19. The molecule has 10 N–H and O–H groups in total. The smallest absolute Gasteiger partial charge is 0.514 e. The molecule has 8 aromatic rings. The van der Waals surface area contributed by atoms with Crippen molar-refractivity contribution >= 4 is 102 Å². The summed E-state index contributed by atoms with van der Waals surface area (Å²) in [4.78, 5) is 41.3. The molecule has 6 aromatic carbocycles. The highest BCUT2D eigenvalue weighted by molar-refractivity contribution is 7.92. The van der Waals surface area contributed by atoms with Gasteiger partial charge in [0.1, 0.15) is 55.3 Å². The van der Waals surface area contributed by atoms with E-state index < -0.39 is 62.7 Å². The fourth-order valence-electron chi connectivity index (χ4n) is 8.35. The van der Waals surface area contributed by atoms with Gasteiger partial charge in [-0.3, -0.25) is 19.6 Å². The van der Waals surface area contributed by atoms with Crippen molar-refractivity contribution in [3.05, 3.63) is 211 Å². The van der Waals surface area contributed by atoms with E-state index in [2.05, 4.69) is 28.9 Å². The number of sulfonamides is 2. The van der Waals surface area contributed by atoms with Gasteiger partial charge in [0.25, 0.3) is 5.69 Å². The van der Waals surface area contributed by atoms with Crippen LogP contribution in [0.3, 0.4) is 0 Å². The van der Waals surface area contributed by atoms with Gasteiger partial charge in [0.05, 0.1) is 30.6 Å². The molecule has 0 bridgehead atoms. The van der Waals surface area contributed by atoms with Gasteiger partial charge in [0.15, 0.2) is 47.8 Å². The molecule has 0 aliphatic heterocycles. The van der Waals surface area contributed by atoms with Crippen LogP contribution in [0.2, 0.25) is 20.1 Å². The molecule has 0 amide bonds. The van der Waals surface area contributed by atoms with Gasteiger partial charge in [-0.25, -0.2) is 36.4 Å². The van der Waals surface area contributed by atoms with Crippen LogP contribution >= 0.6 is 46.4 Å². The first-order valence-electron chi connectivity index (χ1n) is 28.9. The zero-order chi connectivity index (χ0) is 71.3. The van der Waals surface area contributed by atoms with E-state index in [1.807, 2.05) is 0 Å². The van der Waals surface area contributed by atoms with Crippen LogP contribution < -0.4 is 53.6 Å². The number of alkyl halides is 4. The van der Waals surface area contributed by atoms with E-state index in [1.54, 1.807) is 24.3 Å². The number of carbonyl (C=O) groups excluding carboxylic acids is 2. The number of nitro groups is 1. The van der Waals surface area contributed by atoms with Crippen LogP contribution in [0, 0.1) is 22.0 Å².